The molecule has 0 unspecified atom stereocenters. The molecule has 2 amide bonds. The summed E-state index contributed by atoms with van der Waals surface area (Å²) in [4.78, 5) is 27.3. The highest BCUT2D eigenvalue weighted by Gasteiger charge is 2.26. The van der Waals surface area contributed by atoms with Crippen LogP contribution in [0.1, 0.15) is 39.2 Å². The number of hydrogen-bond donors (Lipinski definition) is 1. The Labute approximate surface area is 214 Å². The maximum atomic E-state index is 13.3. The number of carbonyl (C=O) groups excluding carboxylic acids is 2. The summed E-state index contributed by atoms with van der Waals surface area (Å²) in [5, 5.41) is 2.76. The van der Waals surface area contributed by atoms with Crippen LogP contribution in [0.15, 0.2) is 48.5 Å². The van der Waals surface area contributed by atoms with Crippen LogP contribution >= 0.6 is 0 Å². The molecule has 1 N–H and O–H groups in total. The highest BCUT2D eigenvalue weighted by atomic mass is 32.2. The normalized spacial score (nSPS) is 11.9. The Morgan fingerprint density at radius 3 is 2.33 bits per heavy atom. The van der Waals surface area contributed by atoms with Gasteiger partial charge in [0, 0.05) is 26.1 Å². The number of rotatable bonds is 14. The second-order valence-corrected chi connectivity index (χ2v) is 10.2. The third kappa shape index (κ3) is 8.44. The van der Waals surface area contributed by atoms with Gasteiger partial charge in [0.1, 0.15) is 17.5 Å². The minimum Gasteiger partial charge on any atom is -0.497 e. The number of anilines is 1. The van der Waals surface area contributed by atoms with Gasteiger partial charge in [0.25, 0.3) is 0 Å². The number of ether oxygens (including phenoxy) is 2. The van der Waals surface area contributed by atoms with E-state index < -0.39 is 16.1 Å². The first-order chi connectivity index (χ1) is 17.1. The summed E-state index contributed by atoms with van der Waals surface area (Å²) >= 11 is 0. The Hall–Kier alpha value is -3.27. The van der Waals surface area contributed by atoms with Crippen molar-refractivity contribution in [1.29, 1.82) is 0 Å². The highest BCUT2D eigenvalue weighted by Crippen LogP contribution is 2.23. The molecule has 0 bridgehead atoms. The van der Waals surface area contributed by atoms with E-state index in [-0.39, 0.29) is 37.7 Å². The molecule has 2 aromatic carbocycles. The van der Waals surface area contributed by atoms with Crippen LogP contribution in [-0.4, -0.2) is 64.2 Å². The SMILES string of the molecule is CCNC(=O)[C@H](C)N(Cc1cccc(OC)c1)C(=O)CCCN(c1ccc(OCC)cc1)S(C)(=O)=O. The molecule has 0 aliphatic rings. The Morgan fingerprint density at radius 1 is 1.06 bits per heavy atom. The standard InChI is InChI=1S/C26H37N3O6S/c1-6-27-26(31)20(3)28(19-21-10-8-11-24(18-21)34-4)25(30)12-9-17-29(36(5,32)33)22-13-15-23(16-14-22)35-7-2/h8,10-11,13-16,18,20H,6-7,9,12,17,19H2,1-5H3,(H,27,31)/t20-/m0/s1. The van der Waals surface area contributed by atoms with Crippen LogP contribution < -0.4 is 19.1 Å². The van der Waals surface area contributed by atoms with Gasteiger partial charge in [-0.15, -0.1) is 0 Å². The predicted octanol–water partition coefficient (Wildman–Crippen LogP) is 3.19. The van der Waals surface area contributed by atoms with E-state index in [4.69, 9.17) is 9.47 Å². The van der Waals surface area contributed by atoms with Gasteiger partial charge in [0.2, 0.25) is 21.8 Å². The van der Waals surface area contributed by atoms with Gasteiger partial charge in [-0.3, -0.25) is 13.9 Å². The van der Waals surface area contributed by atoms with E-state index in [0.29, 0.717) is 30.3 Å². The van der Waals surface area contributed by atoms with Crippen LogP contribution in [0.2, 0.25) is 0 Å². The van der Waals surface area contributed by atoms with Crippen molar-refractivity contribution in [2.45, 2.75) is 46.2 Å². The molecule has 0 spiro atoms. The fourth-order valence-corrected chi connectivity index (χ4v) is 4.72. The lowest BCUT2D eigenvalue weighted by Crippen LogP contribution is -2.47. The fourth-order valence-electron chi connectivity index (χ4n) is 3.75. The monoisotopic (exact) mass is 519 g/mol. The molecule has 0 heterocycles. The van der Waals surface area contributed by atoms with Gasteiger partial charge >= 0.3 is 0 Å². The van der Waals surface area contributed by atoms with E-state index in [1.807, 2.05) is 38.1 Å². The van der Waals surface area contributed by atoms with Crippen LogP contribution in [-0.2, 0) is 26.2 Å². The number of carbonyl (C=O) groups is 2. The molecule has 0 saturated carbocycles. The topological polar surface area (TPSA) is 105 Å². The minimum atomic E-state index is -3.57. The summed E-state index contributed by atoms with van der Waals surface area (Å²) in [6, 6.07) is 13.4. The molecule has 0 radical (unpaired) electrons. The minimum absolute atomic E-state index is 0.0801. The number of hydrogen-bond acceptors (Lipinski definition) is 6. The molecule has 0 saturated heterocycles. The largest absolute Gasteiger partial charge is 0.497 e. The van der Waals surface area contributed by atoms with Crippen molar-refractivity contribution in [3.05, 3.63) is 54.1 Å². The molecule has 0 aliphatic carbocycles. The van der Waals surface area contributed by atoms with Crippen LogP contribution in [0.25, 0.3) is 0 Å². The number of amides is 2. The summed E-state index contributed by atoms with van der Waals surface area (Å²) in [5.41, 5.74) is 1.32. The van der Waals surface area contributed by atoms with Crippen molar-refractivity contribution < 1.29 is 27.5 Å². The van der Waals surface area contributed by atoms with Gasteiger partial charge in [-0.05, 0) is 69.2 Å². The third-order valence-electron chi connectivity index (χ3n) is 5.59. The van der Waals surface area contributed by atoms with Crippen molar-refractivity contribution in [3.63, 3.8) is 0 Å². The molecular formula is C26H37N3O6S. The molecular weight excluding hydrogens is 482 g/mol. The number of nitrogens with zero attached hydrogens (tertiary/aromatic N) is 2. The van der Waals surface area contributed by atoms with Gasteiger partial charge in [-0.1, -0.05) is 12.1 Å². The number of benzene rings is 2. The number of methoxy groups -OCH3 is 1. The summed E-state index contributed by atoms with van der Waals surface area (Å²) in [5.74, 6) is 0.819. The van der Waals surface area contributed by atoms with Gasteiger partial charge < -0.3 is 19.7 Å². The smallest absolute Gasteiger partial charge is 0.242 e. The van der Waals surface area contributed by atoms with Gasteiger partial charge in [-0.25, -0.2) is 8.42 Å². The molecule has 2 rings (SSSR count). The Kier molecular flexibility index (Phi) is 11.0. The summed E-state index contributed by atoms with van der Waals surface area (Å²) in [7, 11) is -2.00. The summed E-state index contributed by atoms with van der Waals surface area (Å²) < 4.78 is 36.9. The van der Waals surface area contributed by atoms with E-state index in [9.17, 15) is 18.0 Å². The lowest BCUT2D eigenvalue weighted by molar-refractivity contribution is -0.140. The van der Waals surface area contributed by atoms with E-state index in [1.54, 1.807) is 38.3 Å². The molecule has 1 atom stereocenters. The summed E-state index contributed by atoms with van der Waals surface area (Å²) in [6.45, 7) is 6.70. The Bertz CT molecular complexity index is 1100. The molecule has 0 aliphatic heterocycles. The van der Waals surface area contributed by atoms with Crippen LogP contribution in [0, 0.1) is 0 Å². The predicted molar refractivity (Wildman–Crippen MR) is 141 cm³/mol. The number of likely N-dealkylation sites (N-methyl/N-ethyl adjacent to an activating group) is 1. The third-order valence-corrected chi connectivity index (χ3v) is 6.79. The van der Waals surface area contributed by atoms with Crippen molar-refractivity contribution in [3.8, 4) is 11.5 Å². The average Bonchev–Trinajstić information content (AvgIpc) is 2.85. The maximum Gasteiger partial charge on any atom is 0.242 e. The first-order valence-electron chi connectivity index (χ1n) is 12.0. The first kappa shape index (κ1) is 29.0. The average molecular weight is 520 g/mol. The lowest BCUT2D eigenvalue weighted by atomic mass is 10.1. The molecule has 36 heavy (non-hydrogen) atoms. The van der Waals surface area contributed by atoms with E-state index >= 15 is 0 Å². The zero-order valence-electron chi connectivity index (χ0n) is 21.7. The highest BCUT2D eigenvalue weighted by molar-refractivity contribution is 7.92. The fraction of sp³-hybridized carbons (Fsp3) is 0.462. The Balaban J connectivity index is 2.15. The molecule has 0 fully saturated rings. The lowest BCUT2D eigenvalue weighted by Gasteiger charge is -2.29. The molecule has 10 heteroatoms. The van der Waals surface area contributed by atoms with Crippen molar-refractivity contribution in [2.75, 3.05) is 37.4 Å². The second kappa shape index (κ2) is 13.7. The first-order valence-corrected chi connectivity index (χ1v) is 13.9. The zero-order chi connectivity index (χ0) is 26.7. The van der Waals surface area contributed by atoms with Crippen molar-refractivity contribution in [2.24, 2.45) is 0 Å². The maximum absolute atomic E-state index is 13.3. The zero-order valence-corrected chi connectivity index (χ0v) is 22.5. The van der Waals surface area contributed by atoms with Gasteiger partial charge in [0.15, 0.2) is 0 Å². The molecule has 2 aromatic rings. The van der Waals surface area contributed by atoms with E-state index in [2.05, 4.69) is 5.32 Å². The number of sulfonamides is 1. The quantitative estimate of drug-likeness (QED) is 0.411. The number of nitrogens with one attached hydrogen (secondary N) is 1. The summed E-state index contributed by atoms with van der Waals surface area (Å²) in [6.07, 6.45) is 1.50. The van der Waals surface area contributed by atoms with Crippen molar-refractivity contribution >= 4 is 27.5 Å². The van der Waals surface area contributed by atoms with Crippen LogP contribution in [0.5, 0.6) is 11.5 Å². The second-order valence-electron chi connectivity index (χ2n) is 8.31. The van der Waals surface area contributed by atoms with Gasteiger partial charge in [0.05, 0.1) is 25.7 Å². The van der Waals surface area contributed by atoms with Crippen LogP contribution in [0.4, 0.5) is 5.69 Å². The van der Waals surface area contributed by atoms with Crippen molar-refractivity contribution in [1.82, 2.24) is 10.2 Å². The Morgan fingerprint density at radius 2 is 1.75 bits per heavy atom. The molecule has 0 aromatic heterocycles. The van der Waals surface area contributed by atoms with Crippen LogP contribution in [0.3, 0.4) is 0 Å². The molecule has 198 valence electrons. The van der Waals surface area contributed by atoms with Gasteiger partial charge in [-0.2, -0.15) is 0 Å². The van der Waals surface area contributed by atoms with E-state index in [1.165, 1.54) is 9.21 Å². The molecule has 9 nitrogen and oxygen atoms in total. The van der Waals surface area contributed by atoms with E-state index in [0.717, 1.165) is 11.8 Å².